The highest BCUT2D eigenvalue weighted by Crippen LogP contribution is 2.28. The van der Waals surface area contributed by atoms with Crippen molar-refractivity contribution in [1.29, 1.82) is 5.26 Å². The van der Waals surface area contributed by atoms with Crippen molar-refractivity contribution >= 4 is 17.7 Å². The molecule has 5 heteroatoms. The second-order valence-electron chi connectivity index (χ2n) is 3.76. The fraction of sp³-hybridized carbons (Fsp3) is 0.143. The lowest BCUT2D eigenvalue weighted by molar-refractivity contribution is 0.0693. The second-order valence-corrected chi connectivity index (χ2v) is 5.07. The molecule has 19 heavy (non-hydrogen) atoms. The molecule has 0 radical (unpaired) electrons. The summed E-state index contributed by atoms with van der Waals surface area (Å²) in [7, 11) is 0. The molecule has 1 aromatic carbocycles. The van der Waals surface area contributed by atoms with Crippen molar-refractivity contribution in [3.63, 3.8) is 0 Å². The van der Waals surface area contributed by atoms with Crippen LogP contribution in [0.25, 0.3) is 5.69 Å². The van der Waals surface area contributed by atoms with Gasteiger partial charge in [0.2, 0.25) is 0 Å². The zero-order valence-corrected chi connectivity index (χ0v) is 11.1. The smallest absolute Gasteiger partial charge is 0.338 e. The Hall–Kier alpha value is -2.19. The lowest BCUT2D eigenvalue weighted by atomic mass is 10.1. The molecule has 2 aromatic rings. The summed E-state index contributed by atoms with van der Waals surface area (Å²) in [6.07, 6.45) is 1.70. The monoisotopic (exact) mass is 272 g/mol. The van der Waals surface area contributed by atoms with Crippen molar-refractivity contribution < 1.29 is 9.90 Å². The highest BCUT2D eigenvalue weighted by Gasteiger charge is 2.17. The zero-order valence-electron chi connectivity index (χ0n) is 10.3. The molecule has 0 bridgehead atoms. The van der Waals surface area contributed by atoms with E-state index in [1.807, 2.05) is 6.92 Å². The van der Waals surface area contributed by atoms with Gasteiger partial charge in [0.1, 0.15) is 11.8 Å². The van der Waals surface area contributed by atoms with Gasteiger partial charge in [0.15, 0.2) is 0 Å². The molecule has 0 unspecified atom stereocenters. The van der Waals surface area contributed by atoms with Crippen molar-refractivity contribution in [2.24, 2.45) is 0 Å². The minimum atomic E-state index is -0.982. The van der Waals surface area contributed by atoms with Gasteiger partial charge in [-0.2, -0.15) is 5.26 Å². The van der Waals surface area contributed by atoms with Crippen molar-refractivity contribution in [3.05, 3.63) is 47.8 Å². The van der Waals surface area contributed by atoms with Gasteiger partial charge < -0.3 is 9.67 Å². The van der Waals surface area contributed by atoms with Gasteiger partial charge in [-0.1, -0.05) is 13.0 Å². The van der Waals surface area contributed by atoms with Crippen LogP contribution in [-0.4, -0.2) is 21.4 Å². The minimum absolute atomic E-state index is 0.238. The Bertz CT molecular complexity index is 656. The number of carbonyl (C=O) groups is 1. The first-order chi connectivity index (χ1) is 9.19. The lowest BCUT2D eigenvalue weighted by Gasteiger charge is -2.12. The summed E-state index contributed by atoms with van der Waals surface area (Å²) in [6, 6.07) is 10.7. The summed E-state index contributed by atoms with van der Waals surface area (Å²) in [5, 5.41) is 18.5. The molecule has 0 atom stereocenters. The number of nitriles is 1. The van der Waals surface area contributed by atoms with Gasteiger partial charge in [-0.25, -0.2) is 4.79 Å². The minimum Gasteiger partial charge on any atom is -0.478 e. The van der Waals surface area contributed by atoms with Gasteiger partial charge in [0, 0.05) is 11.1 Å². The van der Waals surface area contributed by atoms with Gasteiger partial charge in [0.25, 0.3) is 0 Å². The van der Waals surface area contributed by atoms with E-state index in [1.165, 1.54) is 11.8 Å². The maximum absolute atomic E-state index is 11.5. The number of nitrogens with zero attached hydrogens (tertiary/aromatic N) is 2. The number of rotatable bonds is 4. The second kappa shape index (κ2) is 5.63. The molecule has 2 rings (SSSR count). The van der Waals surface area contributed by atoms with E-state index in [2.05, 4.69) is 6.07 Å². The first-order valence-corrected chi connectivity index (χ1v) is 6.74. The third kappa shape index (κ3) is 2.49. The van der Waals surface area contributed by atoms with Crippen LogP contribution in [0.5, 0.6) is 0 Å². The molecule has 0 saturated carbocycles. The Balaban J connectivity index is 2.67. The van der Waals surface area contributed by atoms with E-state index in [4.69, 9.17) is 5.26 Å². The number of aromatic nitrogens is 1. The van der Waals surface area contributed by atoms with Crippen molar-refractivity contribution in [3.8, 4) is 11.8 Å². The van der Waals surface area contributed by atoms with Crippen molar-refractivity contribution in [1.82, 2.24) is 4.57 Å². The molecule has 1 heterocycles. The van der Waals surface area contributed by atoms with Crippen LogP contribution in [0.4, 0.5) is 0 Å². The van der Waals surface area contributed by atoms with Crippen LogP contribution in [0.3, 0.4) is 0 Å². The van der Waals surface area contributed by atoms with E-state index in [1.54, 1.807) is 41.1 Å². The van der Waals surface area contributed by atoms with E-state index < -0.39 is 5.97 Å². The van der Waals surface area contributed by atoms with Crippen molar-refractivity contribution in [2.75, 3.05) is 5.75 Å². The Morgan fingerprint density at radius 1 is 1.42 bits per heavy atom. The fourth-order valence-electron chi connectivity index (χ4n) is 1.89. The molecule has 4 nitrogen and oxygen atoms in total. The van der Waals surface area contributed by atoms with Gasteiger partial charge in [-0.3, -0.25) is 0 Å². The van der Waals surface area contributed by atoms with E-state index in [0.717, 1.165) is 5.75 Å². The maximum atomic E-state index is 11.5. The summed E-state index contributed by atoms with van der Waals surface area (Å²) in [6.45, 7) is 1.97. The topological polar surface area (TPSA) is 66.0 Å². The zero-order chi connectivity index (χ0) is 13.8. The highest BCUT2D eigenvalue weighted by atomic mass is 32.2. The van der Waals surface area contributed by atoms with Crippen molar-refractivity contribution in [2.45, 2.75) is 11.8 Å². The molecule has 0 amide bonds. The van der Waals surface area contributed by atoms with Gasteiger partial charge in [0.05, 0.1) is 11.3 Å². The summed E-state index contributed by atoms with van der Waals surface area (Å²) in [5.74, 6) is -0.190. The molecular weight excluding hydrogens is 260 g/mol. The van der Waals surface area contributed by atoms with E-state index >= 15 is 0 Å². The fourth-order valence-corrected chi connectivity index (χ4v) is 2.72. The van der Waals surface area contributed by atoms with Crippen LogP contribution in [0, 0.1) is 11.3 Å². The third-order valence-electron chi connectivity index (χ3n) is 2.64. The molecular formula is C14H12N2O2S. The predicted octanol–water partition coefficient (Wildman–Crippen LogP) is 3.16. The first-order valence-electron chi connectivity index (χ1n) is 5.76. The lowest BCUT2D eigenvalue weighted by Crippen LogP contribution is -2.07. The van der Waals surface area contributed by atoms with E-state index in [9.17, 15) is 9.90 Å². The number of hydrogen-bond acceptors (Lipinski definition) is 3. The first kappa shape index (κ1) is 13.2. The Kier molecular flexibility index (Phi) is 3.93. The van der Waals surface area contributed by atoms with Crippen LogP contribution in [-0.2, 0) is 0 Å². The Morgan fingerprint density at radius 2 is 2.21 bits per heavy atom. The van der Waals surface area contributed by atoms with E-state index in [0.29, 0.717) is 16.3 Å². The third-order valence-corrected chi connectivity index (χ3v) is 3.58. The van der Waals surface area contributed by atoms with Crippen LogP contribution in [0.15, 0.2) is 41.4 Å². The SMILES string of the molecule is CCSc1cccc(-n2cccc2C#N)c1C(=O)O. The average Bonchev–Trinajstić information content (AvgIpc) is 2.86. The molecule has 0 aliphatic heterocycles. The van der Waals surface area contributed by atoms with Crippen LogP contribution in [0.2, 0.25) is 0 Å². The normalized spacial score (nSPS) is 10.1. The summed E-state index contributed by atoms with van der Waals surface area (Å²) < 4.78 is 1.60. The number of thioether (sulfide) groups is 1. The molecule has 96 valence electrons. The number of benzene rings is 1. The molecule has 1 aromatic heterocycles. The van der Waals surface area contributed by atoms with Gasteiger partial charge in [-0.15, -0.1) is 11.8 Å². The molecule has 0 saturated heterocycles. The summed E-state index contributed by atoms with van der Waals surface area (Å²) >= 11 is 1.48. The number of aromatic carboxylic acids is 1. The maximum Gasteiger partial charge on any atom is 0.338 e. The average molecular weight is 272 g/mol. The Morgan fingerprint density at radius 3 is 2.84 bits per heavy atom. The number of carboxylic acids is 1. The largest absolute Gasteiger partial charge is 0.478 e. The van der Waals surface area contributed by atoms with Crippen LogP contribution < -0.4 is 0 Å². The molecule has 0 spiro atoms. The summed E-state index contributed by atoms with van der Waals surface area (Å²) in [5.41, 5.74) is 1.18. The molecule has 0 aliphatic carbocycles. The molecule has 0 fully saturated rings. The summed E-state index contributed by atoms with van der Waals surface area (Å²) in [4.78, 5) is 12.2. The highest BCUT2D eigenvalue weighted by molar-refractivity contribution is 7.99. The van der Waals surface area contributed by atoms with Crippen LogP contribution in [0.1, 0.15) is 23.0 Å². The van der Waals surface area contributed by atoms with E-state index in [-0.39, 0.29) is 5.56 Å². The predicted molar refractivity (Wildman–Crippen MR) is 73.8 cm³/mol. The van der Waals surface area contributed by atoms with Gasteiger partial charge >= 0.3 is 5.97 Å². The standard InChI is InChI=1S/C14H12N2O2S/c1-2-19-12-7-3-6-11(13(12)14(17)18)16-8-4-5-10(16)9-15/h3-8H,2H2,1H3,(H,17,18). The van der Waals surface area contributed by atoms with Gasteiger partial charge in [-0.05, 0) is 30.0 Å². The molecule has 1 N–H and O–H groups in total. The Labute approximate surface area is 115 Å². The molecule has 0 aliphatic rings. The van der Waals surface area contributed by atoms with Crippen LogP contribution >= 0.6 is 11.8 Å². The quantitative estimate of drug-likeness (QED) is 0.868. The number of hydrogen-bond donors (Lipinski definition) is 1. The number of carboxylic acid groups (broad SMARTS) is 1.